The van der Waals surface area contributed by atoms with Crippen molar-refractivity contribution in [1.29, 1.82) is 0 Å². The van der Waals surface area contributed by atoms with Gasteiger partial charge in [0.1, 0.15) is 39.9 Å². The number of aromatic nitrogens is 4. The van der Waals surface area contributed by atoms with E-state index in [0.29, 0.717) is 33.2 Å². The minimum Gasteiger partial charge on any atom is -0.489 e. The lowest BCUT2D eigenvalue weighted by Crippen LogP contribution is -2.35. The Labute approximate surface area is 245 Å². The molecule has 10 nitrogen and oxygen atoms in total. The van der Waals surface area contributed by atoms with Crippen LogP contribution in [0.15, 0.2) is 53.2 Å². The number of rotatable bonds is 8. The SMILES string of the molecule is Cc1nnc(-c2ccc3c(c2)ncn3-c2cc(O[C@H](C)c3cccc(OC4CCN(C)CC4)c3Cl)c(C(N)=O)s2)o1. The van der Waals surface area contributed by atoms with E-state index in [9.17, 15) is 4.79 Å². The maximum atomic E-state index is 12.4. The van der Waals surface area contributed by atoms with Crippen molar-refractivity contribution in [3.05, 3.63) is 70.1 Å². The lowest BCUT2D eigenvalue weighted by Gasteiger charge is -2.30. The van der Waals surface area contributed by atoms with Gasteiger partial charge in [-0.1, -0.05) is 23.7 Å². The summed E-state index contributed by atoms with van der Waals surface area (Å²) in [5.41, 5.74) is 8.85. The molecule has 2 N–H and O–H groups in total. The highest BCUT2D eigenvalue weighted by Gasteiger charge is 2.24. The molecule has 41 heavy (non-hydrogen) atoms. The van der Waals surface area contributed by atoms with Gasteiger partial charge in [0.2, 0.25) is 11.8 Å². The molecule has 6 rings (SSSR count). The van der Waals surface area contributed by atoms with E-state index >= 15 is 0 Å². The molecule has 3 aromatic heterocycles. The third-order valence-corrected chi connectivity index (χ3v) is 8.70. The first kappa shape index (κ1) is 27.3. The van der Waals surface area contributed by atoms with Crippen LogP contribution in [-0.2, 0) is 0 Å². The van der Waals surface area contributed by atoms with E-state index in [2.05, 4.69) is 27.1 Å². The fourth-order valence-corrected chi connectivity index (χ4v) is 6.19. The molecule has 1 fully saturated rings. The minimum atomic E-state index is -0.577. The summed E-state index contributed by atoms with van der Waals surface area (Å²) in [6.07, 6.45) is 3.24. The molecular weight excluding hydrogens is 564 g/mol. The molecule has 1 aliphatic heterocycles. The van der Waals surface area contributed by atoms with Gasteiger partial charge in [-0.25, -0.2) is 4.98 Å². The number of primary amides is 1. The number of nitrogens with zero attached hydrogens (tertiary/aromatic N) is 5. The lowest BCUT2D eigenvalue weighted by atomic mass is 10.1. The minimum absolute atomic E-state index is 0.119. The normalized spacial score (nSPS) is 15.3. The van der Waals surface area contributed by atoms with Gasteiger partial charge in [-0.15, -0.1) is 21.5 Å². The second kappa shape index (κ2) is 11.2. The average molecular weight is 593 g/mol. The molecule has 5 aromatic rings. The average Bonchev–Trinajstić information content (AvgIpc) is 3.69. The monoisotopic (exact) mass is 592 g/mol. The lowest BCUT2D eigenvalue weighted by molar-refractivity contribution is 0.0998. The molecule has 0 aliphatic carbocycles. The van der Waals surface area contributed by atoms with Crippen LogP contribution in [0, 0.1) is 6.92 Å². The number of carbonyl (C=O) groups is 1. The van der Waals surface area contributed by atoms with E-state index in [0.717, 1.165) is 53.1 Å². The van der Waals surface area contributed by atoms with Crippen molar-refractivity contribution in [3.63, 3.8) is 0 Å². The smallest absolute Gasteiger partial charge is 0.262 e. The van der Waals surface area contributed by atoms with E-state index in [4.69, 9.17) is 31.2 Å². The molecule has 1 saturated heterocycles. The molecule has 2 aromatic carbocycles. The molecule has 1 amide bonds. The molecule has 0 radical (unpaired) electrons. The highest BCUT2D eigenvalue weighted by Crippen LogP contribution is 2.39. The number of halogens is 1. The Balaban J connectivity index is 1.25. The number of nitrogens with two attached hydrogens (primary N) is 1. The Morgan fingerprint density at radius 1 is 1.17 bits per heavy atom. The molecule has 0 bridgehead atoms. The summed E-state index contributed by atoms with van der Waals surface area (Å²) in [7, 11) is 2.11. The zero-order valence-corrected chi connectivity index (χ0v) is 24.4. The van der Waals surface area contributed by atoms with Gasteiger partial charge in [-0.3, -0.25) is 9.36 Å². The number of benzene rings is 2. The van der Waals surface area contributed by atoms with Gasteiger partial charge < -0.3 is 24.5 Å². The zero-order valence-electron chi connectivity index (χ0n) is 22.8. The van der Waals surface area contributed by atoms with Gasteiger partial charge in [0.05, 0.1) is 16.1 Å². The van der Waals surface area contributed by atoms with E-state index in [1.807, 2.05) is 47.9 Å². The van der Waals surface area contributed by atoms with Crippen molar-refractivity contribution < 1.29 is 18.7 Å². The molecule has 0 spiro atoms. The number of ether oxygens (including phenoxy) is 2. The van der Waals surface area contributed by atoms with Gasteiger partial charge in [-0.05, 0) is 51.1 Å². The first-order chi connectivity index (χ1) is 19.8. The summed E-state index contributed by atoms with van der Waals surface area (Å²) in [6.45, 7) is 5.61. The van der Waals surface area contributed by atoms with E-state index in [1.165, 1.54) is 11.3 Å². The Morgan fingerprint density at radius 3 is 2.71 bits per heavy atom. The van der Waals surface area contributed by atoms with Crippen LogP contribution >= 0.6 is 22.9 Å². The molecule has 0 unspecified atom stereocenters. The second-order valence-corrected chi connectivity index (χ2v) is 11.5. The number of fused-ring (bicyclic) bond motifs is 1. The number of aryl methyl sites for hydroxylation is 1. The van der Waals surface area contributed by atoms with Crippen molar-refractivity contribution in [2.75, 3.05) is 20.1 Å². The molecule has 1 atom stereocenters. The van der Waals surface area contributed by atoms with Crippen LogP contribution in [-0.4, -0.2) is 56.8 Å². The standard InChI is InChI=1S/C29H29ClN6O4S/c1-16(20-5-4-6-23(26(20)30)40-19-9-11-35(3)12-10-19)38-24-14-25(41-27(24)28(31)37)36-15-32-21-13-18(7-8-22(21)36)29-34-33-17(2)39-29/h4-8,13-16,19H,9-12H2,1-3H3,(H2,31,37)/t16-/m1/s1. The number of amides is 1. The summed E-state index contributed by atoms with van der Waals surface area (Å²) >= 11 is 8.03. The van der Waals surface area contributed by atoms with Gasteiger partial charge in [0.25, 0.3) is 5.91 Å². The fourth-order valence-electron chi connectivity index (χ4n) is 4.94. The first-order valence-corrected chi connectivity index (χ1v) is 14.5. The molecular formula is C29H29ClN6O4S. The van der Waals surface area contributed by atoms with Crippen LogP contribution in [0.4, 0.5) is 0 Å². The molecule has 0 saturated carbocycles. The van der Waals surface area contributed by atoms with Gasteiger partial charge in [-0.2, -0.15) is 0 Å². The van der Waals surface area contributed by atoms with Crippen molar-refractivity contribution >= 4 is 39.9 Å². The molecule has 4 heterocycles. The summed E-state index contributed by atoms with van der Waals surface area (Å²) in [6, 6.07) is 13.2. The third kappa shape index (κ3) is 5.52. The Hall–Kier alpha value is -3.93. The number of likely N-dealkylation sites (tertiary alicyclic amines) is 1. The van der Waals surface area contributed by atoms with Crippen LogP contribution < -0.4 is 15.2 Å². The highest BCUT2D eigenvalue weighted by molar-refractivity contribution is 7.16. The predicted octanol–water partition coefficient (Wildman–Crippen LogP) is 5.81. The second-order valence-electron chi connectivity index (χ2n) is 10.1. The molecule has 212 valence electrons. The number of hydrogen-bond donors (Lipinski definition) is 1. The van der Waals surface area contributed by atoms with E-state index < -0.39 is 12.0 Å². The highest BCUT2D eigenvalue weighted by atomic mass is 35.5. The van der Waals surface area contributed by atoms with Crippen molar-refractivity contribution in [2.45, 2.75) is 38.9 Å². The van der Waals surface area contributed by atoms with Crippen LogP contribution in [0.3, 0.4) is 0 Å². The summed E-state index contributed by atoms with van der Waals surface area (Å²) in [5, 5.41) is 9.21. The summed E-state index contributed by atoms with van der Waals surface area (Å²) < 4.78 is 20.0. The van der Waals surface area contributed by atoms with Crippen LogP contribution in [0.5, 0.6) is 11.5 Å². The number of carbonyl (C=O) groups excluding carboxylic acids is 1. The van der Waals surface area contributed by atoms with Crippen LogP contribution in [0.1, 0.15) is 47.0 Å². The largest absolute Gasteiger partial charge is 0.489 e. The van der Waals surface area contributed by atoms with Gasteiger partial charge in [0, 0.05) is 37.2 Å². The van der Waals surface area contributed by atoms with Crippen molar-refractivity contribution in [2.24, 2.45) is 5.73 Å². The van der Waals surface area contributed by atoms with Crippen molar-refractivity contribution in [1.82, 2.24) is 24.6 Å². The Bertz CT molecular complexity index is 1720. The fraction of sp³-hybridized carbons (Fsp3) is 0.310. The maximum Gasteiger partial charge on any atom is 0.262 e. The maximum absolute atomic E-state index is 12.4. The van der Waals surface area contributed by atoms with E-state index in [-0.39, 0.29) is 6.10 Å². The predicted molar refractivity (Wildman–Crippen MR) is 157 cm³/mol. The topological polar surface area (TPSA) is 122 Å². The quantitative estimate of drug-likeness (QED) is 0.239. The van der Waals surface area contributed by atoms with Crippen LogP contribution in [0.25, 0.3) is 27.5 Å². The molecule has 1 aliphatic rings. The van der Waals surface area contributed by atoms with E-state index in [1.54, 1.807) is 19.3 Å². The van der Waals surface area contributed by atoms with Gasteiger partial charge in [0.15, 0.2) is 0 Å². The number of hydrogen-bond acceptors (Lipinski definition) is 9. The Morgan fingerprint density at radius 2 is 1.98 bits per heavy atom. The number of piperidine rings is 1. The number of thiophene rings is 1. The van der Waals surface area contributed by atoms with Crippen LogP contribution in [0.2, 0.25) is 5.02 Å². The summed E-state index contributed by atoms with van der Waals surface area (Å²) in [4.78, 5) is 19.6. The zero-order chi connectivity index (χ0) is 28.7. The Kier molecular flexibility index (Phi) is 7.41. The first-order valence-electron chi connectivity index (χ1n) is 13.3. The number of imidazole rings is 1. The summed E-state index contributed by atoms with van der Waals surface area (Å²) in [5.74, 6) is 1.35. The third-order valence-electron chi connectivity index (χ3n) is 7.16. The van der Waals surface area contributed by atoms with Gasteiger partial charge >= 0.3 is 0 Å². The molecule has 12 heteroatoms. The van der Waals surface area contributed by atoms with Crippen molar-refractivity contribution in [3.8, 4) is 28.0 Å².